The number of ether oxygens (including phenoxy) is 2. The van der Waals surface area contributed by atoms with Crippen molar-refractivity contribution >= 4 is 17.2 Å². The molecule has 2 aromatic rings. The van der Waals surface area contributed by atoms with Crippen molar-refractivity contribution in [1.82, 2.24) is 0 Å². The zero-order chi connectivity index (χ0) is 21.4. The molecule has 0 aromatic heterocycles. The first-order chi connectivity index (χ1) is 13.9. The molecule has 0 aliphatic rings. The maximum absolute atomic E-state index is 12.9. The Kier molecular flexibility index (Phi) is 7.64. The van der Waals surface area contributed by atoms with Crippen LogP contribution in [0.15, 0.2) is 36.4 Å². The fourth-order valence-electron chi connectivity index (χ4n) is 2.76. The molecule has 29 heavy (non-hydrogen) atoms. The predicted molar refractivity (Wildman–Crippen MR) is 106 cm³/mol. The van der Waals surface area contributed by atoms with Crippen LogP contribution in [0, 0.1) is 20.2 Å². The van der Waals surface area contributed by atoms with Crippen molar-refractivity contribution in [1.29, 1.82) is 0 Å². The van der Waals surface area contributed by atoms with Gasteiger partial charge in [-0.1, -0.05) is 26.2 Å². The third-order valence-electron chi connectivity index (χ3n) is 4.27. The van der Waals surface area contributed by atoms with E-state index in [9.17, 15) is 25.0 Å². The number of unbranched alkanes of at least 4 members (excludes halogenated alkanes) is 3. The van der Waals surface area contributed by atoms with Crippen LogP contribution in [0.4, 0.5) is 11.4 Å². The fraction of sp³-hybridized carbons (Fsp3) is 0.350. The van der Waals surface area contributed by atoms with Gasteiger partial charge in [0.2, 0.25) is 0 Å². The van der Waals surface area contributed by atoms with Crippen molar-refractivity contribution in [2.45, 2.75) is 32.6 Å². The number of carbonyl (C=O) groups is 1. The Morgan fingerprint density at radius 2 is 1.62 bits per heavy atom. The van der Waals surface area contributed by atoms with Crippen molar-refractivity contribution in [2.75, 3.05) is 13.7 Å². The van der Waals surface area contributed by atoms with Gasteiger partial charge in [-0.2, -0.15) is 0 Å². The minimum atomic E-state index is -0.781. The summed E-state index contributed by atoms with van der Waals surface area (Å²) in [6.07, 6.45) is 4.24. The summed E-state index contributed by atoms with van der Waals surface area (Å²) in [7, 11) is 1.38. The Morgan fingerprint density at radius 1 is 0.966 bits per heavy atom. The number of nitro groups is 2. The van der Waals surface area contributed by atoms with Crippen LogP contribution in [0.25, 0.3) is 0 Å². The van der Waals surface area contributed by atoms with E-state index in [0.717, 1.165) is 43.9 Å². The molecule has 0 saturated carbocycles. The molecule has 2 aromatic carbocycles. The highest BCUT2D eigenvalue weighted by atomic mass is 16.6. The molecule has 0 spiro atoms. The number of carbonyl (C=O) groups excluding carboxylic acids is 1. The van der Waals surface area contributed by atoms with Crippen molar-refractivity contribution in [2.24, 2.45) is 0 Å². The van der Waals surface area contributed by atoms with Crippen LogP contribution >= 0.6 is 0 Å². The average Bonchev–Trinajstić information content (AvgIpc) is 2.72. The lowest BCUT2D eigenvalue weighted by Gasteiger charge is -2.11. The molecule has 2 rings (SSSR count). The quantitative estimate of drug-likeness (QED) is 0.231. The van der Waals surface area contributed by atoms with Crippen LogP contribution < -0.4 is 9.47 Å². The van der Waals surface area contributed by atoms with Crippen LogP contribution in [0.1, 0.15) is 48.5 Å². The minimum Gasteiger partial charge on any atom is -0.496 e. The molecule has 154 valence electrons. The highest BCUT2D eigenvalue weighted by Crippen LogP contribution is 2.30. The topological polar surface area (TPSA) is 122 Å². The summed E-state index contributed by atoms with van der Waals surface area (Å²) in [6.45, 7) is 2.66. The fourth-order valence-corrected chi connectivity index (χ4v) is 2.76. The molecule has 9 heteroatoms. The lowest BCUT2D eigenvalue weighted by atomic mass is 10.0. The molecule has 0 unspecified atom stereocenters. The lowest BCUT2D eigenvalue weighted by molar-refractivity contribution is -0.394. The smallest absolute Gasteiger partial charge is 0.277 e. The van der Waals surface area contributed by atoms with E-state index in [4.69, 9.17) is 9.47 Å². The summed E-state index contributed by atoms with van der Waals surface area (Å²) in [6, 6.07) is 7.46. The van der Waals surface area contributed by atoms with Crippen molar-refractivity contribution < 1.29 is 24.1 Å². The molecule has 0 amide bonds. The van der Waals surface area contributed by atoms with Crippen molar-refractivity contribution in [3.05, 3.63) is 67.8 Å². The molecule has 0 bridgehead atoms. The number of hydrogen-bond acceptors (Lipinski definition) is 7. The van der Waals surface area contributed by atoms with E-state index in [1.54, 1.807) is 12.1 Å². The highest BCUT2D eigenvalue weighted by Gasteiger charge is 2.22. The van der Waals surface area contributed by atoms with E-state index in [1.807, 2.05) is 0 Å². The van der Waals surface area contributed by atoms with E-state index in [0.29, 0.717) is 12.4 Å². The minimum absolute atomic E-state index is 0.126. The highest BCUT2D eigenvalue weighted by molar-refractivity contribution is 6.11. The number of rotatable bonds is 11. The van der Waals surface area contributed by atoms with Crippen molar-refractivity contribution in [3.63, 3.8) is 0 Å². The number of ketones is 1. The van der Waals surface area contributed by atoms with Crippen LogP contribution in [0.2, 0.25) is 0 Å². The van der Waals surface area contributed by atoms with Gasteiger partial charge in [-0.05, 0) is 18.6 Å². The second-order valence-corrected chi connectivity index (χ2v) is 6.35. The van der Waals surface area contributed by atoms with E-state index >= 15 is 0 Å². The molecule has 0 aliphatic carbocycles. The predicted octanol–water partition coefficient (Wildman–Crippen LogP) is 4.70. The number of nitrogens with zero attached hydrogens (tertiary/aromatic N) is 2. The Balaban J connectivity index is 2.28. The van der Waals surface area contributed by atoms with E-state index < -0.39 is 27.0 Å². The number of non-ortho nitro benzene ring substituents is 2. The average molecular weight is 402 g/mol. The van der Waals surface area contributed by atoms with Gasteiger partial charge >= 0.3 is 0 Å². The van der Waals surface area contributed by atoms with Crippen molar-refractivity contribution in [3.8, 4) is 11.5 Å². The lowest BCUT2D eigenvalue weighted by Crippen LogP contribution is -2.06. The standard InChI is InChI=1S/C20H22N2O7/c1-3-4-5-6-9-29-17-7-8-18(19(13-17)28-2)20(23)14-10-15(21(24)25)12-16(11-14)22(26)27/h7-8,10-13H,3-6,9H2,1-2H3. The summed E-state index contributed by atoms with van der Waals surface area (Å²) >= 11 is 0. The number of methoxy groups -OCH3 is 1. The molecule has 0 fully saturated rings. The molecule has 9 nitrogen and oxygen atoms in total. The second kappa shape index (κ2) is 10.2. The van der Waals surface area contributed by atoms with Gasteiger partial charge in [0.25, 0.3) is 11.4 Å². The summed E-state index contributed by atoms with van der Waals surface area (Å²) in [5.41, 5.74) is -1.11. The Bertz CT molecular complexity index is 879. The normalized spacial score (nSPS) is 10.4. The van der Waals surface area contributed by atoms with Gasteiger partial charge in [0.05, 0.1) is 35.2 Å². The van der Waals surface area contributed by atoms with Crippen LogP contribution in [-0.2, 0) is 0 Å². The van der Waals surface area contributed by atoms with E-state index in [-0.39, 0.29) is 16.9 Å². The molecule has 0 N–H and O–H groups in total. The number of nitro benzene ring substituents is 2. The Labute approximate surface area is 167 Å². The summed E-state index contributed by atoms with van der Waals surface area (Å²) in [5, 5.41) is 22.1. The first-order valence-corrected chi connectivity index (χ1v) is 9.16. The summed E-state index contributed by atoms with van der Waals surface area (Å²) < 4.78 is 10.9. The third-order valence-corrected chi connectivity index (χ3v) is 4.27. The van der Waals surface area contributed by atoms with Gasteiger partial charge in [0.1, 0.15) is 11.5 Å². The number of hydrogen-bond donors (Lipinski definition) is 0. The van der Waals surface area contributed by atoms with Crippen LogP contribution in [0.3, 0.4) is 0 Å². The van der Waals surface area contributed by atoms with Gasteiger partial charge in [-0.3, -0.25) is 25.0 Å². The van der Waals surface area contributed by atoms with Gasteiger partial charge < -0.3 is 9.47 Å². The first kappa shape index (κ1) is 21.8. The maximum Gasteiger partial charge on any atom is 0.277 e. The Hall–Kier alpha value is -3.49. The van der Waals surface area contributed by atoms with Crippen LogP contribution in [0.5, 0.6) is 11.5 Å². The van der Waals surface area contributed by atoms with E-state index in [1.165, 1.54) is 13.2 Å². The summed E-state index contributed by atoms with van der Waals surface area (Å²) in [5.74, 6) is 0.123. The molecule has 0 radical (unpaired) electrons. The monoisotopic (exact) mass is 402 g/mol. The van der Waals surface area contributed by atoms with Crippen LogP contribution in [-0.4, -0.2) is 29.3 Å². The first-order valence-electron chi connectivity index (χ1n) is 9.16. The van der Waals surface area contributed by atoms with Gasteiger partial charge in [-0.25, -0.2) is 0 Å². The Morgan fingerprint density at radius 3 is 2.17 bits per heavy atom. The maximum atomic E-state index is 12.9. The van der Waals surface area contributed by atoms with Gasteiger partial charge in [0.15, 0.2) is 5.78 Å². The molecular weight excluding hydrogens is 380 g/mol. The molecule has 0 atom stereocenters. The molecule has 0 saturated heterocycles. The zero-order valence-corrected chi connectivity index (χ0v) is 16.3. The third kappa shape index (κ3) is 5.74. The molecule has 0 heterocycles. The zero-order valence-electron chi connectivity index (χ0n) is 16.3. The van der Waals surface area contributed by atoms with Gasteiger partial charge in [-0.15, -0.1) is 0 Å². The SMILES string of the molecule is CCCCCCOc1ccc(C(=O)c2cc([N+](=O)[O-])cc([N+](=O)[O-])c2)c(OC)c1. The number of benzene rings is 2. The van der Waals surface area contributed by atoms with Gasteiger partial charge in [0, 0.05) is 23.8 Å². The molecular formula is C20H22N2O7. The second-order valence-electron chi connectivity index (χ2n) is 6.35. The molecule has 0 aliphatic heterocycles. The van der Waals surface area contributed by atoms with E-state index in [2.05, 4.69) is 6.92 Å². The largest absolute Gasteiger partial charge is 0.496 e. The summed E-state index contributed by atoms with van der Waals surface area (Å²) in [4.78, 5) is 33.4.